The zero-order valence-electron chi connectivity index (χ0n) is 13.6. The van der Waals surface area contributed by atoms with Gasteiger partial charge in [-0.25, -0.2) is 4.98 Å². The lowest BCUT2D eigenvalue weighted by Gasteiger charge is -2.13. The van der Waals surface area contributed by atoms with E-state index >= 15 is 0 Å². The normalized spacial score (nSPS) is 10.4. The van der Waals surface area contributed by atoms with E-state index in [9.17, 15) is 0 Å². The number of hydrogen-bond acceptors (Lipinski definition) is 7. The van der Waals surface area contributed by atoms with Gasteiger partial charge in [0.25, 0.3) is 0 Å². The third-order valence-electron chi connectivity index (χ3n) is 3.30. The van der Waals surface area contributed by atoms with E-state index in [1.165, 1.54) is 0 Å². The van der Waals surface area contributed by atoms with Crippen LogP contribution in [0.15, 0.2) is 48.7 Å². The fourth-order valence-electron chi connectivity index (χ4n) is 2.13. The third kappa shape index (κ3) is 4.72. The van der Waals surface area contributed by atoms with Gasteiger partial charge in [-0.15, -0.1) is 0 Å². The Morgan fingerprint density at radius 2 is 1.85 bits per heavy atom. The number of hydrazine groups is 1. The molecule has 0 atom stereocenters. The third-order valence-corrected chi connectivity index (χ3v) is 3.85. The topological polar surface area (TPSA) is 95.0 Å². The molecule has 0 bridgehead atoms. The Morgan fingerprint density at radius 1 is 0.962 bits per heavy atom. The highest BCUT2D eigenvalue weighted by atomic mass is 35.5. The summed E-state index contributed by atoms with van der Waals surface area (Å²) in [5.41, 5.74) is 7.97. The van der Waals surface area contributed by atoms with Crippen molar-refractivity contribution in [1.82, 2.24) is 15.0 Å². The van der Waals surface area contributed by atoms with E-state index in [0.717, 1.165) is 0 Å². The maximum atomic E-state index is 9.00. The summed E-state index contributed by atoms with van der Waals surface area (Å²) in [5.74, 6) is 0.876. The van der Waals surface area contributed by atoms with E-state index in [0.29, 0.717) is 45.4 Å². The number of rotatable bonds is 7. The van der Waals surface area contributed by atoms with Crippen LogP contribution in [0.4, 0.5) is 17.5 Å². The van der Waals surface area contributed by atoms with Crippen molar-refractivity contribution < 1.29 is 5.11 Å². The van der Waals surface area contributed by atoms with Crippen LogP contribution in [0.2, 0.25) is 10.0 Å². The molecule has 9 heteroatoms. The van der Waals surface area contributed by atoms with Crippen LogP contribution in [0.3, 0.4) is 0 Å². The molecule has 2 heterocycles. The van der Waals surface area contributed by atoms with Gasteiger partial charge < -0.3 is 10.4 Å². The number of nitrogens with zero attached hydrogens (tertiary/aromatic N) is 3. The Labute approximate surface area is 160 Å². The summed E-state index contributed by atoms with van der Waals surface area (Å²) >= 11 is 12.1. The number of aliphatic hydroxyl groups is 1. The van der Waals surface area contributed by atoms with Crippen molar-refractivity contribution in [3.05, 3.63) is 58.7 Å². The number of anilines is 3. The molecule has 0 unspecified atom stereocenters. The average molecular weight is 391 g/mol. The first-order valence-electron chi connectivity index (χ1n) is 7.78. The van der Waals surface area contributed by atoms with Crippen LogP contribution >= 0.6 is 23.2 Å². The quantitative estimate of drug-likeness (QED) is 0.457. The molecule has 7 nitrogen and oxygen atoms in total. The highest BCUT2D eigenvalue weighted by Gasteiger charge is 2.08. The Morgan fingerprint density at radius 3 is 2.58 bits per heavy atom. The predicted octanol–water partition coefficient (Wildman–Crippen LogP) is 3.69. The Kier molecular flexibility index (Phi) is 6.06. The number of aliphatic hydroxyl groups excluding tert-OH is 1. The van der Waals surface area contributed by atoms with Crippen LogP contribution in [-0.2, 0) is 0 Å². The molecule has 134 valence electrons. The molecule has 0 aliphatic carbocycles. The van der Waals surface area contributed by atoms with Gasteiger partial charge in [0.1, 0.15) is 0 Å². The number of halogens is 2. The fraction of sp³-hybridized carbons (Fsp3) is 0.118. The van der Waals surface area contributed by atoms with Crippen LogP contribution in [0.5, 0.6) is 0 Å². The van der Waals surface area contributed by atoms with E-state index in [1.54, 1.807) is 30.5 Å². The van der Waals surface area contributed by atoms with Crippen molar-refractivity contribution in [2.45, 2.75) is 0 Å². The van der Waals surface area contributed by atoms with E-state index in [-0.39, 0.29) is 6.61 Å². The van der Waals surface area contributed by atoms with Gasteiger partial charge in [-0.3, -0.25) is 15.8 Å². The van der Waals surface area contributed by atoms with E-state index in [2.05, 4.69) is 31.1 Å². The number of nitrogens with one attached hydrogen (secondary N) is 3. The van der Waals surface area contributed by atoms with Crippen LogP contribution < -0.4 is 16.2 Å². The lowest BCUT2D eigenvalue weighted by molar-refractivity contribution is 0.311. The molecule has 26 heavy (non-hydrogen) atoms. The summed E-state index contributed by atoms with van der Waals surface area (Å²) in [6.07, 6.45) is 1.69. The molecule has 0 saturated carbocycles. The molecule has 2 aromatic heterocycles. The minimum absolute atomic E-state index is 0.0292. The Balaban J connectivity index is 1.85. The van der Waals surface area contributed by atoms with E-state index < -0.39 is 0 Å². The standard InChI is InChI=1S/C17H16Cl2N6O/c18-11-4-5-13(12(19)9-11)24-25-16-10-15(14-3-1-2-6-20-14)22-17(23-16)21-7-8-26/h1-6,9-10,24,26H,7-8H2,(H2,21,22,23,25). The summed E-state index contributed by atoms with van der Waals surface area (Å²) in [5, 5.41) is 13.0. The first kappa shape index (κ1) is 18.2. The smallest absolute Gasteiger partial charge is 0.225 e. The van der Waals surface area contributed by atoms with Gasteiger partial charge in [-0.05, 0) is 30.3 Å². The molecule has 0 amide bonds. The van der Waals surface area contributed by atoms with E-state index in [1.807, 2.05) is 18.2 Å². The molecule has 0 aliphatic heterocycles. The van der Waals surface area contributed by atoms with Gasteiger partial charge in [0.2, 0.25) is 5.95 Å². The van der Waals surface area contributed by atoms with Gasteiger partial charge in [0, 0.05) is 23.8 Å². The highest BCUT2D eigenvalue weighted by Crippen LogP contribution is 2.26. The summed E-state index contributed by atoms with van der Waals surface area (Å²) in [4.78, 5) is 13.1. The minimum Gasteiger partial charge on any atom is -0.395 e. The molecule has 0 spiro atoms. The second-order valence-corrected chi connectivity index (χ2v) is 6.05. The van der Waals surface area contributed by atoms with Gasteiger partial charge in [0.05, 0.1) is 28.7 Å². The van der Waals surface area contributed by atoms with Crippen LogP contribution in [-0.4, -0.2) is 33.2 Å². The predicted molar refractivity (Wildman–Crippen MR) is 105 cm³/mol. The molecule has 0 fully saturated rings. The van der Waals surface area contributed by atoms with Crippen LogP contribution in [0.1, 0.15) is 0 Å². The van der Waals surface area contributed by atoms with Crippen molar-refractivity contribution in [2.24, 2.45) is 0 Å². The molecule has 3 rings (SSSR count). The van der Waals surface area contributed by atoms with Crippen molar-refractivity contribution in [3.63, 3.8) is 0 Å². The van der Waals surface area contributed by atoms with E-state index in [4.69, 9.17) is 28.3 Å². The second-order valence-electron chi connectivity index (χ2n) is 5.20. The number of aromatic nitrogens is 3. The molecule has 1 aromatic carbocycles. The molecular weight excluding hydrogens is 375 g/mol. The minimum atomic E-state index is -0.0292. The lowest BCUT2D eigenvalue weighted by Crippen LogP contribution is -2.14. The second kappa shape index (κ2) is 8.66. The fourth-order valence-corrected chi connectivity index (χ4v) is 2.58. The molecule has 3 aromatic rings. The summed E-state index contributed by atoms with van der Waals surface area (Å²) in [6, 6.07) is 12.4. The molecule has 4 N–H and O–H groups in total. The van der Waals surface area contributed by atoms with Crippen molar-refractivity contribution >= 4 is 40.7 Å². The van der Waals surface area contributed by atoms with Crippen molar-refractivity contribution in [1.29, 1.82) is 0 Å². The first-order valence-corrected chi connectivity index (χ1v) is 8.53. The van der Waals surface area contributed by atoms with Crippen LogP contribution in [0, 0.1) is 0 Å². The van der Waals surface area contributed by atoms with Gasteiger partial charge in [0.15, 0.2) is 5.82 Å². The molecule has 0 saturated heterocycles. The van der Waals surface area contributed by atoms with Gasteiger partial charge in [-0.1, -0.05) is 29.3 Å². The van der Waals surface area contributed by atoms with Gasteiger partial charge >= 0.3 is 0 Å². The molecule has 0 aliphatic rings. The summed E-state index contributed by atoms with van der Waals surface area (Å²) in [7, 11) is 0. The largest absolute Gasteiger partial charge is 0.395 e. The number of benzene rings is 1. The van der Waals surface area contributed by atoms with Crippen molar-refractivity contribution in [2.75, 3.05) is 29.3 Å². The summed E-state index contributed by atoms with van der Waals surface area (Å²) < 4.78 is 0. The monoisotopic (exact) mass is 390 g/mol. The maximum absolute atomic E-state index is 9.00. The number of hydrogen-bond donors (Lipinski definition) is 4. The first-order chi connectivity index (χ1) is 12.7. The maximum Gasteiger partial charge on any atom is 0.225 e. The van der Waals surface area contributed by atoms with Crippen LogP contribution in [0.25, 0.3) is 11.4 Å². The lowest BCUT2D eigenvalue weighted by atomic mass is 10.2. The van der Waals surface area contributed by atoms with Gasteiger partial charge in [-0.2, -0.15) is 4.98 Å². The number of pyridine rings is 1. The summed E-state index contributed by atoms with van der Waals surface area (Å²) in [6.45, 7) is 0.306. The zero-order valence-corrected chi connectivity index (χ0v) is 15.1. The Bertz CT molecular complexity index is 878. The highest BCUT2D eigenvalue weighted by molar-refractivity contribution is 6.36. The Hall–Kier alpha value is -2.61. The molecule has 0 radical (unpaired) electrons. The average Bonchev–Trinajstić information content (AvgIpc) is 2.66. The van der Waals surface area contributed by atoms with Crippen molar-refractivity contribution in [3.8, 4) is 11.4 Å². The SMILES string of the molecule is OCCNc1nc(NNc2ccc(Cl)cc2Cl)cc(-c2ccccn2)n1. The molecular formula is C17H16Cl2N6O. The zero-order chi connectivity index (χ0) is 18.4.